The third kappa shape index (κ3) is 4.03. The van der Waals surface area contributed by atoms with Crippen molar-refractivity contribution in [1.29, 1.82) is 0 Å². The molecule has 1 aromatic heterocycles. The van der Waals surface area contributed by atoms with Crippen molar-refractivity contribution in [2.24, 2.45) is 5.73 Å². The van der Waals surface area contributed by atoms with E-state index < -0.39 is 0 Å². The first-order chi connectivity index (χ1) is 13.2. The summed E-state index contributed by atoms with van der Waals surface area (Å²) in [7, 11) is 3.30. The van der Waals surface area contributed by atoms with Gasteiger partial charge in [0, 0.05) is 22.2 Å². The van der Waals surface area contributed by atoms with Crippen molar-refractivity contribution in [2.45, 2.75) is 26.2 Å². The molecule has 0 aliphatic rings. The van der Waals surface area contributed by atoms with Gasteiger partial charge >= 0.3 is 0 Å². The first kappa shape index (κ1) is 19.1. The zero-order valence-corrected chi connectivity index (χ0v) is 16.3. The standard InChI is InChI=1S/C22H28N2O3/c1-4-27-16-9-10-19-18(14-16)17(7-5-6-12-23)22(24-19)15-8-11-20(25-2)21(13-15)26-3/h8-11,13-14,24H,4-7,12,23H2,1-3H3. The largest absolute Gasteiger partial charge is 0.494 e. The summed E-state index contributed by atoms with van der Waals surface area (Å²) in [6, 6.07) is 12.2. The van der Waals surface area contributed by atoms with Crippen LogP contribution in [0.1, 0.15) is 25.3 Å². The van der Waals surface area contributed by atoms with Crippen LogP contribution in [0, 0.1) is 0 Å². The fourth-order valence-corrected chi connectivity index (χ4v) is 3.43. The van der Waals surface area contributed by atoms with E-state index in [2.05, 4.69) is 23.2 Å². The zero-order valence-electron chi connectivity index (χ0n) is 16.3. The number of rotatable bonds is 9. The molecule has 3 aromatic rings. The van der Waals surface area contributed by atoms with Crippen LogP contribution in [0.5, 0.6) is 17.2 Å². The Morgan fingerprint density at radius 1 is 0.963 bits per heavy atom. The summed E-state index contributed by atoms with van der Waals surface area (Å²) < 4.78 is 16.6. The lowest BCUT2D eigenvalue weighted by Gasteiger charge is -2.10. The number of nitrogens with one attached hydrogen (secondary N) is 1. The summed E-state index contributed by atoms with van der Waals surface area (Å²) in [5.41, 5.74) is 10.3. The third-order valence-corrected chi connectivity index (χ3v) is 4.74. The molecule has 0 aliphatic heterocycles. The van der Waals surface area contributed by atoms with E-state index in [9.17, 15) is 0 Å². The minimum Gasteiger partial charge on any atom is -0.494 e. The Bertz CT molecular complexity index is 902. The second-order valence-corrected chi connectivity index (χ2v) is 6.43. The van der Waals surface area contributed by atoms with E-state index in [4.69, 9.17) is 19.9 Å². The molecule has 3 N–H and O–H groups in total. The van der Waals surface area contributed by atoms with Crippen molar-refractivity contribution in [3.8, 4) is 28.5 Å². The number of aromatic amines is 1. The number of aromatic nitrogens is 1. The van der Waals surface area contributed by atoms with Gasteiger partial charge in [0.15, 0.2) is 11.5 Å². The second kappa shape index (κ2) is 8.82. The summed E-state index contributed by atoms with van der Waals surface area (Å²) in [6.07, 6.45) is 3.00. The molecule has 27 heavy (non-hydrogen) atoms. The highest BCUT2D eigenvalue weighted by Gasteiger charge is 2.16. The second-order valence-electron chi connectivity index (χ2n) is 6.43. The van der Waals surface area contributed by atoms with E-state index >= 15 is 0 Å². The molecule has 0 saturated carbocycles. The van der Waals surface area contributed by atoms with Gasteiger partial charge in [-0.25, -0.2) is 0 Å². The van der Waals surface area contributed by atoms with Gasteiger partial charge in [0.05, 0.1) is 20.8 Å². The lowest BCUT2D eigenvalue weighted by atomic mass is 10.00. The fourth-order valence-electron chi connectivity index (χ4n) is 3.43. The molecule has 5 heteroatoms. The summed E-state index contributed by atoms with van der Waals surface area (Å²) in [6.45, 7) is 3.36. The van der Waals surface area contributed by atoms with Gasteiger partial charge in [-0.05, 0) is 74.7 Å². The van der Waals surface area contributed by atoms with Crippen LogP contribution in [0.4, 0.5) is 0 Å². The summed E-state index contributed by atoms with van der Waals surface area (Å²) >= 11 is 0. The first-order valence-corrected chi connectivity index (χ1v) is 9.41. The van der Waals surface area contributed by atoms with Crippen LogP contribution in [-0.2, 0) is 6.42 Å². The average molecular weight is 368 g/mol. The maximum Gasteiger partial charge on any atom is 0.161 e. The molecule has 1 heterocycles. The number of ether oxygens (including phenoxy) is 3. The highest BCUT2D eigenvalue weighted by atomic mass is 16.5. The molecule has 0 spiro atoms. The van der Waals surface area contributed by atoms with E-state index in [1.807, 2.05) is 25.1 Å². The van der Waals surface area contributed by atoms with Crippen molar-refractivity contribution in [2.75, 3.05) is 27.4 Å². The van der Waals surface area contributed by atoms with E-state index in [-0.39, 0.29) is 0 Å². The number of fused-ring (bicyclic) bond motifs is 1. The molecule has 0 saturated heterocycles. The molecule has 0 amide bonds. The maximum absolute atomic E-state index is 5.71. The van der Waals surface area contributed by atoms with Crippen LogP contribution in [0.15, 0.2) is 36.4 Å². The van der Waals surface area contributed by atoms with Crippen LogP contribution in [-0.4, -0.2) is 32.4 Å². The van der Waals surface area contributed by atoms with Gasteiger partial charge < -0.3 is 24.9 Å². The Kier molecular flexibility index (Phi) is 6.24. The Hall–Kier alpha value is -2.66. The number of unbranched alkanes of at least 4 members (excludes halogenated alkanes) is 1. The van der Waals surface area contributed by atoms with Crippen molar-refractivity contribution in [1.82, 2.24) is 4.98 Å². The Morgan fingerprint density at radius 3 is 2.48 bits per heavy atom. The molecule has 0 unspecified atom stereocenters. The van der Waals surface area contributed by atoms with Gasteiger partial charge in [0.2, 0.25) is 0 Å². The molecule has 0 fully saturated rings. The van der Waals surface area contributed by atoms with Crippen LogP contribution in [0.25, 0.3) is 22.2 Å². The van der Waals surface area contributed by atoms with Crippen molar-refractivity contribution in [3.63, 3.8) is 0 Å². The molecule has 3 rings (SSSR count). The summed E-state index contributed by atoms with van der Waals surface area (Å²) in [4.78, 5) is 3.58. The van der Waals surface area contributed by atoms with Crippen LogP contribution < -0.4 is 19.9 Å². The van der Waals surface area contributed by atoms with Crippen LogP contribution >= 0.6 is 0 Å². The predicted octanol–water partition coefficient (Wildman–Crippen LogP) is 4.53. The topological polar surface area (TPSA) is 69.5 Å². The number of hydrogen-bond donors (Lipinski definition) is 2. The molecular weight excluding hydrogens is 340 g/mol. The number of H-pyrrole nitrogens is 1. The van der Waals surface area contributed by atoms with E-state index in [1.165, 1.54) is 10.9 Å². The molecule has 0 aliphatic carbocycles. The summed E-state index contributed by atoms with van der Waals surface area (Å²) in [5.74, 6) is 2.33. The van der Waals surface area contributed by atoms with Crippen LogP contribution in [0.2, 0.25) is 0 Å². The lowest BCUT2D eigenvalue weighted by Crippen LogP contribution is -1.99. The quantitative estimate of drug-likeness (QED) is 0.544. The molecule has 0 radical (unpaired) electrons. The molecule has 5 nitrogen and oxygen atoms in total. The SMILES string of the molecule is CCOc1ccc2[nH]c(-c3ccc(OC)c(OC)c3)c(CCCCN)c2c1. The van der Waals surface area contributed by atoms with Crippen molar-refractivity contribution < 1.29 is 14.2 Å². The van der Waals surface area contributed by atoms with Gasteiger partial charge in [0.1, 0.15) is 5.75 Å². The fraction of sp³-hybridized carbons (Fsp3) is 0.364. The predicted molar refractivity (Wildman–Crippen MR) is 110 cm³/mol. The highest BCUT2D eigenvalue weighted by molar-refractivity contribution is 5.92. The zero-order chi connectivity index (χ0) is 19.2. The van der Waals surface area contributed by atoms with Gasteiger partial charge in [-0.15, -0.1) is 0 Å². The Morgan fingerprint density at radius 2 is 1.78 bits per heavy atom. The minimum absolute atomic E-state index is 0.654. The van der Waals surface area contributed by atoms with Crippen molar-refractivity contribution in [3.05, 3.63) is 42.0 Å². The Labute approximate surface area is 160 Å². The minimum atomic E-state index is 0.654. The Balaban J connectivity index is 2.11. The van der Waals surface area contributed by atoms with Gasteiger partial charge in [-0.3, -0.25) is 0 Å². The smallest absolute Gasteiger partial charge is 0.161 e. The molecule has 0 bridgehead atoms. The van der Waals surface area contributed by atoms with Crippen molar-refractivity contribution >= 4 is 10.9 Å². The number of aryl methyl sites for hydroxylation is 1. The number of hydrogen-bond acceptors (Lipinski definition) is 4. The first-order valence-electron chi connectivity index (χ1n) is 9.41. The average Bonchev–Trinajstić information content (AvgIpc) is 3.06. The van der Waals surface area contributed by atoms with E-state index in [0.717, 1.165) is 53.3 Å². The van der Waals surface area contributed by atoms with Gasteiger partial charge in [-0.1, -0.05) is 0 Å². The molecule has 144 valence electrons. The molecular formula is C22H28N2O3. The highest BCUT2D eigenvalue weighted by Crippen LogP contribution is 2.37. The van der Waals surface area contributed by atoms with E-state index in [0.29, 0.717) is 13.2 Å². The third-order valence-electron chi connectivity index (χ3n) is 4.74. The summed E-state index contributed by atoms with van der Waals surface area (Å²) in [5, 5.41) is 1.20. The number of methoxy groups -OCH3 is 2. The maximum atomic E-state index is 5.71. The van der Waals surface area contributed by atoms with Gasteiger partial charge in [0.25, 0.3) is 0 Å². The monoisotopic (exact) mass is 368 g/mol. The molecule has 0 atom stereocenters. The number of benzene rings is 2. The van der Waals surface area contributed by atoms with Crippen LogP contribution in [0.3, 0.4) is 0 Å². The normalized spacial score (nSPS) is 11.0. The molecule has 2 aromatic carbocycles. The van der Waals surface area contributed by atoms with Gasteiger partial charge in [-0.2, -0.15) is 0 Å². The van der Waals surface area contributed by atoms with E-state index in [1.54, 1.807) is 14.2 Å². The lowest BCUT2D eigenvalue weighted by molar-refractivity contribution is 0.340. The number of nitrogens with two attached hydrogens (primary N) is 1.